The summed E-state index contributed by atoms with van der Waals surface area (Å²) < 4.78 is 47.6. The van der Waals surface area contributed by atoms with Crippen LogP contribution in [0.3, 0.4) is 0 Å². The van der Waals surface area contributed by atoms with Crippen molar-refractivity contribution < 1.29 is 22.7 Å². The second-order valence-electron chi connectivity index (χ2n) is 10.5. The van der Waals surface area contributed by atoms with E-state index in [1.165, 1.54) is 12.1 Å². The van der Waals surface area contributed by atoms with Crippen molar-refractivity contribution >= 4 is 22.8 Å². The number of carbonyl (C=O) groups is 1. The number of nitrogens with zero attached hydrogens (tertiary/aromatic N) is 5. The first-order valence-corrected chi connectivity index (χ1v) is 13.8. The van der Waals surface area contributed by atoms with Crippen LogP contribution in [0, 0.1) is 0 Å². The molecular formula is C27H37F3N6O2. The molecule has 208 valence electrons. The van der Waals surface area contributed by atoms with Crippen LogP contribution in [0.2, 0.25) is 0 Å². The van der Waals surface area contributed by atoms with Crippen molar-refractivity contribution in [1.82, 2.24) is 25.1 Å². The molecule has 3 aliphatic heterocycles. The molecule has 11 heteroatoms. The Morgan fingerprint density at radius 2 is 1.58 bits per heavy atom. The van der Waals surface area contributed by atoms with E-state index in [1.807, 2.05) is 4.90 Å². The Morgan fingerprint density at radius 1 is 0.921 bits per heavy atom. The van der Waals surface area contributed by atoms with Crippen molar-refractivity contribution in [3.63, 3.8) is 0 Å². The zero-order valence-corrected chi connectivity index (χ0v) is 21.8. The lowest BCUT2D eigenvalue weighted by atomic mass is 10.0. The number of hydrogen-bond acceptors (Lipinski definition) is 7. The Morgan fingerprint density at radius 3 is 2.24 bits per heavy atom. The number of carbonyl (C=O) groups excluding carboxylic acids is 1. The van der Waals surface area contributed by atoms with Crippen molar-refractivity contribution in [1.29, 1.82) is 0 Å². The molecule has 0 aromatic carbocycles. The zero-order chi connectivity index (χ0) is 26.5. The lowest BCUT2D eigenvalue weighted by Gasteiger charge is -2.34. The van der Waals surface area contributed by atoms with Gasteiger partial charge in [0.1, 0.15) is 17.0 Å². The summed E-state index contributed by atoms with van der Waals surface area (Å²) >= 11 is 0. The molecule has 5 heterocycles. The third-order valence-electron chi connectivity index (χ3n) is 7.86. The summed E-state index contributed by atoms with van der Waals surface area (Å²) in [6.07, 6.45) is 1.02. The minimum atomic E-state index is -4.60. The van der Waals surface area contributed by atoms with Crippen LogP contribution in [-0.4, -0.2) is 97.3 Å². The molecule has 2 aromatic rings. The number of halogens is 3. The molecule has 0 spiro atoms. The van der Waals surface area contributed by atoms with Crippen LogP contribution < -0.4 is 10.2 Å². The number of pyridine rings is 2. The third-order valence-corrected chi connectivity index (χ3v) is 7.86. The maximum absolute atomic E-state index is 14.1. The summed E-state index contributed by atoms with van der Waals surface area (Å²) in [5, 5.41) is 2.99. The van der Waals surface area contributed by atoms with E-state index in [-0.39, 0.29) is 22.8 Å². The number of ether oxygens (including phenoxy) is 1. The van der Waals surface area contributed by atoms with E-state index < -0.39 is 17.6 Å². The molecule has 1 N–H and O–H groups in total. The molecule has 0 radical (unpaired) electrons. The van der Waals surface area contributed by atoms with E-state index in [4.69, 9.17) is 4.74 Å². The maximum atomic E-state index is 14.1. The highest BCUT2D eigenvalue weighted by Gasteiger charge is 2.35. The van der Waals surface area contributed by atoms with Crippen molar-refractivity contribution in [2.75, 3.05) is 70.5 Å². The molecule has 0 unspecified atom stereocenters. The lowest BCUT2D eigenvalue weighted by Crippen LogP contribution is -2.47. The number of morpholine rings is 1. The average Bonchev–Trinajstić information content (AvgIpc) is 3.21. The van der Waals surface area contributed by atoms with E-state index in [0.717, 1.165) is 97.1 Å². The van der Waals surface area contributed by atoms with Gasteiger partial charge in [0.05, 0.1) is 24.3 Å². The number of piperidine rings is 1. The van der Waals surface area contributed by atoms with Gasteiger partial charge in [-0.15, -0.1) is 0 Å². The van der Waals surface area contributed by atoms with Gasteiger partial charge >= 0.3 is 6.18 Å². The van der Waals surface area contributed by atoms with Gasteiger partial charge in [0, 0.05) is 58.4 Å². The Balaban J connectivity index is 1.23. The first-order valence-electron chi connectivity index (χ1n) is 13.8. The average molecular weight is 535 g/mol. The first kappa shape index (κ1) is 27.1. The fourth-order valence-electron chi connectivity index (χ4n) is 5.57. The second-order valence-corrected chi connectivity index (χ2v) is 10.5. The van der Waals surface area contributed by atoms with Crippen LogP contribution in [-0.2, 0) is 10.9 Å². The van der Waals surface area contributed by atoms with Crippen LogP contribution in [0.5, 0.6) is 0 Å². The minimum absolute atomic E-state index is 0.0120. The number of anilines is 1. The fraction of sp³-hybridized carbons (Fsp3) is 0.667. The van der Waals surface area contributed by atoms with Gasteiger partial charge in [0.15, 0.2) is 0 Å². The highest BCUT2D eigenvalue weighted by molar-refractivity contribution is 5.95. The topological polar surface area (TPSA) is 73.8 Å². The van der Waals surface area contributed by atoms with Gasteiger partial charge in [-0.05, 0) is 43.9 Å². The summed E-state index contributed by atoms with van der Waals surface area (Å²) in [4.78, 5) is 28.4. The molecule has 0 saturated carbocycles. The van der Waals surface area contributed by atoms with Gasteiger partial charge in [-0.1, -0.05) is 12.8 Å². The van der Waals surface area contributed by atoms with Gasteiger partial charge in [0.25, 0.3) is 5.91 Å². The molecule has 3 aliphatic rings. The molecule has 8 nitrogen and oxygen atoms in total. The SMILES string of the molecule is O=C(NC1CCN(CCN2CCOCC2)CC1)c1ccc2nc(N3CCCCCC3)cc(C(F)(F)F)c2n1. The molecule has 2 aromatic heterocycles. The monoisotopic (exact) mass is 534 g/mol. The number of nitrogens with one attached hydrogen (secondary N) is 1. The van der Waals surface area contributed by atoms with Crippen LogP contribution in [0.1, 0.15) is 54.6 Å². The number of hydrogen-bond donors (Lipinski definition) is 1. The van der Waals surface area contributed by atoms with Gasteiger partial charge < -0.3 is 19.9 Å². The number of amides is 1. The predicted octanol–water partition coefficient (Wildman–Crippen LogP) is 3.56. The van der Waals surface area contributed by atoms with Crippen molar-refractivity contribution in [3.05, 3.63) is 29.5 Å². The molecule has 1 amide bonds. The summed E-state index contributed by atoms with van der Waals surface area (Å²) in [6.45, 7) is 8.64. The van der Waals surface area contributed by atoms with E-state index >= 15 is 0 Å². The molecule has 0 aliphatic carbocycles. The Bertz CT molecular complexity index is 1090. The van der Waals surface area contributed by atoms with E-state index in [2.05, 4.69) is 25.1 Å². The van der Waals surface area contributed by atoms with Crippen LogP contribution >= 0.6 is 0 Å². The van der Waals surface area contributed by atoms with E-state index in [1.54, 1.807) is 0 Å². The number of likely N-dealkylation sites (tertiary alicyclic amines) is 1. The van der Waals surface area contributed by atoms with Crippen molar-refractivity contribution in [3.8, 4) is 0 Å². The second kappa shape index (κ2) is 12.1. The standard InChI is InChI=1S/C27H37F3N6O2/c28-27(29,30)21-19-24(36-9-3-1-2-4-10-36)32-22-5-6-23(33-25(21)22)26(37)31-20-7-11-34(12-8-20)13-14-35-15-17-38-18-16-35/h5-6,19-20H,1-4,7-18H2,(H,31,37). The molecule has 0 atom stereocenters. The zero-order valence-electron chi connectivity index (χ0n) is 21.8. The number of rotatable bonds is 6. The van der Waals surface area contributed by atoms with Crippen LogP contribution in [0.25, 0.3) is 11.0 Å². The molecule has 0 bridgehead atoms. The Kier molecular flexibility index (Phi) is 8.64. The molecule has 3 fully saturated rings. The quantitative estimate of drug-likeness (QED) is 0.608. The Hall–Kier alpha value is -2.50. The normalized spacial score (nSPS) is 21.0. The van der Waals surface area contributed by atoms with Gasteiger partial charge in [0.2, 0.25) is 0 Å². The van der Waals surface area contributed by atoms with E-state index in [0.29, 0.717) is 18.9 Å². The Labute approximate surface area is 221 Å². The summed E-state index contributed by atoms with van der Waals surface area (Å²) in [5.74, 6) is -0.116. The summed E-state index contributed by atoms with van der Waals surface area (Å²) in [7, 11) is 0. The smallest absolute Gasteiger partial charge is 0.379 e. The largest absolute Gasteiger partial charge is 0.418 e. The van der Waals surface area contributed by atoms with Crippen molar-refractivity contribution in [2.24, 2.45) is 0 Å². The number of fused-ring (bicyclic) bond motifs is 1. The highest BCUT2D eigenvalue weighted by atomic mass is 19.4. The predicted molar refractivity (Wildman–Crippen MR) is 139 cm³/mol. The number of aromatic nitrogens is 2. The lowest BCUT2D eigenvalue weighted by molar-refractivity contribution is -0.136. The van der Waals surface area contributed by atoms with Crippen LogP contribution in [0.4, 0.5) is 19.0 Å². The minimum Gasteiger partial charge on any atom is -0.379 e. The van der Waals surface area contributed by atoms with Crippen molar-refractivity contribution in [2.45, 2.75) is 50.7 Å². The fourth-order valence-corrected chi connectivity index (χ4v) is 5.57. The molecule has 3 saturated heterocycles. The van der Waals surface area contributed by atoms with E-state index in [9.17, 15) is 18.0 Å². The maximum Gasteiger partial charge on any atom is 0.418 e. The summed E-state index contributed by atoms with van der Waals surface area (Å²) in [5.41, 5.74) is -0.974. The van der Waals surface area contributed by atoms with Crippen LogP contribution in [0.15, 0.2) is 18.2 Å². The molecule has 5 rings (SSSR count). The molecular weight excluding hydrogens is 497 g/mol. The number of alkyl halides is 3. The highest BCUT2D eigenvalue weighted by Crippen LogP contribution is 2.36. The third kappa shape index (κ3) is 6.73. The first-order chi connectivity index (χ1) is 18.4. The van der Waals surface area contributed by atoms with Gasteiger partial charge in [-0.25, -0.2) is 9.97 Å². The van der Waals surface area contributed by atoms with Gasteiger partial charge in [-0.2, -0.15) is 13.2 Å². The summed E-state index contributed by atoms with van der Waals surface area (Å²) in [6, 6.07) is 4.04. The molecule has 38 heavy (non-hydrogen) atoms. The van der Waals surface area contributed by atoms with Gasteiger partial charge in [-0.3, -0.25) is 9.69 Å².